The summed E-state index contributed by atoms with van der Waals surface area (Å²) in [5.41, 5.74) is 3.23. The Hall–Kier alpha value is -5.04. The van der Waals surface area contributed by atoms with Crippen molar-refractivity contribution in [1.82, 2.24) is 0 Å². The molecule has 0 fully saturated rings. The first-order chi connectivity index (χ1) is 22.3. The molecule has 0 spiro atoms. The van der Waals surface area contributed by atoms with Gasteiger partial charge in [-0.3, -0.25) is 9.59 Å². The summed E-state index contributed by atoms with van der Waals surface area (Å²) in [4.78, 5) is 26.5. The molecule has 0 aliphatic carbocycles. The Balaban J connectivity index is 1.45. The van der Waals surface area contributed by atoms with Crippen molar-refractivity contribution >= 4 is 46.9 Å². The molecule has 0 unspecified atom stereocenters. The van der Waals surface area contributed by atoms with E-state index in [0.717, 1.165) is 0 Å². The molecule has 0 bridgehead atoms. The first-order valence-electron chi connectivity index (χ1n) is 14.3. The lowest BCUT2D eigenvalue weighted by Crippen LogP contribution is -2.11. The lowest BCUT2D eigenvalue weighted by molar-refractivity contribution is 0.103. The molecule has 0 amide bonds. The average Bonchev–Trinajstić information content (AvgIpc) is 3.06. The molecule has 0 N–H and O–H groups in total. The van der Waals surface area contributed by atoms with Crippen LogP contribution in [0.15, 0.2) is 121 Å². The van der Waals surface area contributed by atoms with Crippen LogP contribution in [0.25, 0.3) is 12.2 Å². The second-order valence-corrected chi connectivity index (χ2v) is 11.3. The van der Waals surface area contributed by atoms with Crippen molar-refractivity contribution in [3.05, 3.63) is 154 Å². The molecule has 0 saturated carbocycles. The first-order valence-corrected chi connectivity index (χ1v) is 15.1. The number of carbonyl (C=O) groups excluding carboxylic acids is 2. The van der Waals surface area contributed by atoms with Crippen LogP contribution in [0.3, 0.4) is 0 Å². The van der Waals surface area contributed by atoms with E-state index >= 15 is 0 Å². The van der Waals surface area contributed by atoms with Gasteiger partial charge in [0.25, 0.3) is 0 Å². The van der Waals surface area contributed by atoms with Gasteiger partial charge < -0.3 is 18.9 Å². The zero-order valence-electron chi connectivity index (χ0n) is 24.8. The Morgan fingerprint density at radius 3 is 1.26 bits per heavy atom. The largest absolute Gasteiger partial charge is 0.489 e. The zero-order chi connectivity index (χ0) is 32.5. The van der Waals surface area contributed by atoms with Gasteiger partial charge in [0, 0.05) is 21.2 Å². The third kappa shape index (κ3) is 8.57. The molecule has 8 heteroatoms. The van der Waals surface area contributed by atoms with Crippen LogP contribution >= 0.6 is 23.2 Å². The number of fused-ring (bicyclic) bond motifs is 4. The Morgan fingerprint density at radius 2 is 0.848 bits per heavy atom. The molecule has 0 radical (unpaired) electrons. The van der Waals surface area contributed by atoms with Gasteiger partial charge in [-0.15, -0.1) is 0 Å². The highest BCUT2D eigenvalue weighted by atomic mass is 35.5. The van der Waals surface area contributed by atoms with Gasteiger partial charge in [0.2, 0.25) is 0 Å². The van der Waals surface area contributed by atoms with Crippen molar-refractivity contribution in [3.8, 4) is 23.0 Å². The maximum absolute atomic E-state index is 13.3. The van der Waals surface area contributed by atoms with Crippen LogP contribution in [0, 0.1) is 0 Å². The minimum Gasteiger partial charge on any atom is -0.489 e. The molecule has 6 nitrogen and oxygen atoms in total. The van der Waals surface area contributed by atoms with Crippen molar-refractivity contribution < 1.29 is 28.5 Å². The fourth-order valence-electron chi connectivity index (χ4n) is 4.47. The number of benzene rings is 4. The van der Waals surface area contributed by atoms with Crippen LogP contribution < -0.4 is 18.9 Å². The van der Waals surface area contributed by atoms with Gasteiger partial charge in [0.1, 0.15) is 49.4 Å². The number of ether oxygens (including phenoxy) is 4. The molecule has 232 valence electrons. The van der Waals surface area contributed by atoms with Gasteiger partial charge in [-0.1, -0.05) is 60.6 Å². The van der Waals surface area contributed by atoms with Crippen LogP contribution in [0.2, 0.25) is 10.0 Å². The maximum atomic E-state index is 13.3. The maximum Gasteiger partial charge on any atom is 0.189 e. The van der Waals surface area contributed by atoms with Gasteiger partial charge in [0.05, 0.1) is 11.1 Å². The van der Waals surface area contributed by atoms with Crippen LogP contribution in [0.5, 0.6) is 23.0 Å². The van der Waals surface area contributed by atoms with E-state index in [0.29, 0.717) is 66.4 Å². The summed E-state index contributed by atoms with van der Waals surface area (Å²) in [5.74, 6) is 1.28. The lowest BCUT2D eigenvalue weighted by atomic mass is 10.1. The third-order valence-corrected chi connectivity index (χ3v) is 7.27. The number of allylic oxidation sites excluding steroid dienone is 2. The number of hydrogen-bond acceptors (Lipinski definition) is 6. The van der Waals surface area contributed by atoms with Crippen LogP contribution in [-0.2, 0) is 0 Å². The van der Waals surface area contributed by atoms with E-state index < -0.39 is 0 Å². The van der Waals surface area contributed by atoms with Crippen LogP contribution in [0.4, 0.5) is 0 Å². The minimum atomic E-state index is -0.269. The van der Waals surface area contributed by atoms with E-state index in [-0.39, 0.29) is 38.0 Å². The number of para-hydroxylation sites is 2. The van der Waals surface area contributed by atoms with Gasteiger partial charge in [-0.25, -0.2) is 0 Å². The molecule has 5 rings (SSSR count). The second-order valence-electron chi connectivity index (χ2n) is 10.4. The second kappa shape index (κ2) is 15.3. The zero-order valence-corrected chi connectivity index (χ0v) is 26.4. The van der Waals surface area contributed by atoms with E-state index in [1.165, 1.54) is 12.2 Å². The molecule has 4 aromatic carbocycles. The van der Waals surface area contributed by atoms with Gasteiger partial charge in [-0.05, 0) is 96.1 Å². The van der Waals surface area contributed by atoms with Crippen LogP contribution in [-0.4, -0.2) is 38.0 Å². The minimum absolute atomic E-state index is 0.0950. The summed E-state index contributed by atoms with van der Waals surface area (Å²) in [6, 6.07) is 24.2. The molecule has 4 aromatic rings. The predicted octanol–water partition coefficient (Wildman–Crippen LogP) is 9.13. The Bertz CT molecular complexity index is 1720. The number of halogens is 2. The summed E-state index contributed by atoms with van der Waals surface area (Å²) in [5, 5.41) is 0.979. The summed E-state index contributed by atoms with van der Waals surface area (Å²) >= 11 is 12.5. The molecule has 0 aromatic heterocycles. The molecule has 1 aliphatic rings. The Labute approximate surface area is 277 Å². The summed E-state index contributed by atoms with van der Waals surface area (Å²) < 4.78 is 24.0. The number of hydrogen-bond donors (Lipinski definition) is 0. The quantitative estimate of drug-likeness (QED) is 0.176. The van der Waals surface area contributed by atoms with E-state index in [1.807, 2.05) is 0 Å². The van der Waals surface area contributed by atoms with Crippen LogP contribution in [0.1, 0.15) is 31.8 Å². The monoisotopic (exact) mass is 652 g/mol. The molecule has 1 heterocycles. The summed E-state index contributed by atoms with van der Waals surface area (Å²) in [7, 11) is 0. The topological polar surface area (TPSA) is 71.1 Å². The fraction of sp³-hybridized carbons (Fsp3) is 0.105. The molecular weight excluding hydrogens is 623 g/mol. The van der Waals surface area contributed by atoms with E-state index in [2.05, 4.69) is 13.2 Å². The van der Waals surface area contributed by atoms with Crippen molar-refractivity contribution in [1.29, 1.82) is 0 Å². The smallest absolute Gasteiger partial charge is 0.189 e. The molecule has 0 saturated heterocycles. The number of ketones is 2. The van der Waals surface area contributed by atoms with E-state index in [9.17, 15) is 9.59 Å². The fourth-order valence-corrected chi connectivity index (χ4v) is 4.83. The highest BCUT2D eigenvalue weighted by Gasteiger charge is 2.14. The lowest BCUT2D eigenvalue weighted by Gasteiger charge is -2.15. The predicted molar refractivity (Wildman–Crippen MR) is 183 cm³/mol. The van der Waals surface area contributed by atoms with E-state index in [4.69, 9.17) is 42.1 Å². The van der Waals surface area contributed by atoms with Crippen molar-refractivity contribution in [2.24, 2.45) is 0 Å². The van der Waals surface area contributed by atoms with E-state index in [1.54, 1.807) is 97.1 Å². The van der Waals surface area contributed by atoms with Gasteiger partial charge in [-0.2, -0.15) is 0 Å². The van der Waals surface area contributed by atoms with Crippen molar-refractivity contribution in [2.45, 2.75) is 0 Å². The highest BCUT2D eigenvalue weighted by Crippen LogP contribution is 2.28. The Kier molecular flexibility index (Phi) is 10.8. The highest BCUT2D eigenvalue weighted by molar-refractivity contribution is 6.31. The number of carbonyl (C=O) groups is 2. The van der Waals surface area contributed by atoms with Gasteiger partial charge in [0.15, 0.2) is 11.6 Å². The normalized spacial score (nSPS) is 16.0. The van der Waals surface area contributed by atoms with Gasteiger partial charge >= 0.3 is 0 Å². The van der Waals surface area contributed by atoms with Crippen molar-refractivity contribution in [2.75, 3.05) is 26.4 Å². The summed E-state index contributed by atoms with van der Waals surface area (Å²) in [6.07, 6.45) is 6.18. The molecule has 0 atom stereocenters. The first kappa shape index (κ1) is 32.4. The number of rotatable bonds is 0. The molecule has 46 heavy (non-hydrogen) atoms. The SMILES string of the molecule is C=C1COc2ccc(Cl)cc2/C=C\C(=O)c2ccccc2OCC(=C)COc2ccccc2C(=O)/C=C\c2cc(Cl)ccc2OC1. The average molecular weight is 654 g/mol. The van der Waals surface area contributed by atoms with Crippen molar-refractivity contribution in [3.63, 3.8) is 0 Å². The Morgan fingerprint density at radius 1 is 0.478 bits per heavy atom. The standard InChI is InChI=1S/C38H30Cl2O6/c1-25-21-43-35-17-13-29(39)19-27(35)11-15-33(41)31-7-3-5-9-37(31)45-23-26(2)24-46-38-10-6-4-8-32(38)34(42)16-12-28-20-30(40)14-18-36(28)44-22-25/h3-20H,1-2,21-24H2/b15-11-,16-12-. The molecular formula is C38H30Cl2O6. The summed E-state index contributed by atoms with van der Waals surface area (Å²) in [6.45, 7) is 8.61. The molecule has 1 aliphatic heterocycles. The third-order valence-electron chi connectivity index (χ3n) is 6.80.